The summed E-state index contributed by atoms with van der Waals surface area (Å²) in [5.41, 5.74) is 1.79. The van der Waals surface area contributed by atoms with E-state index in [1.807, 2.05) is 35.0 Å². The fraction of sp³-hybridized carbons (Fsp3) is 0.412. The molecule has 2 aliphatic rings. The number of anilines is 1. The number of thioether (sulfide) groups is 1. The number of nitrogens with zero attached hydrogens (tertiary/aromatic N) is 6. The number of hydrogen-bond acceptors (Lipinski definition) is 7. The molecular weight excluding hydrogens is 384 g/mol. The Hall–Kier alpha value is -2.10. The molecule has 27 heavy (non-hydrogen) atoms. The van der Waals surface area contributed by atoms with Gasteiger partial charge in [-0.3, -0.25) is 0 Å². The number of nitrogens with one attached hydrogen (secondary N) is 2. The van der Waals surface area contributed by atoms with Gasteiger partial charge in [0.15, 0.2) is 0 Å². The predicted octanol–water partition coefficient (Wildman–Crippen LogP) is 2.45. The number of rotatable bonds is 3. The third-order valence-corrected chi connectivity index (χ3v) is 5.84. The van der Waals surface area contributed by atoms with Crippen molar-refractivity contribution < 1.29 is 0 Å². The van der Waals surface area contributed by atoms with Crippen molar-refractivity contribution in [2.75, 3.05) is 30.3 Å². The normalized spacial score (nSPS) is 20.4. The van der Waals surface area contributed by atoms with Crippen molar-refractivity contribution in [2.24, 2.45) is 0 Å². The Morgan fingerprint density at radius 3 is 3.11 bits per heavy atom. The topological polar surface area (TPSA) is 87.6 Å². The summed E-state index contributed by atoms with van der Waals surface area (Å²) in [6.45, 7) is 2.94. The van der Waals surface area contributed by atoms with Crippen LogP contribution in [0.1, 0.15) is 24.6 Å². The van der Waals surface area contributed by atoms with Gasteiger partial charge in [-0.05, 0) is 25.5 Å². The lowest BCUT2D eigenvalue weighted by molar-refractivity contribution is 0.317. The zero-order chi connectivity index (χ0) is 17.3. The lowest BCUT2D eigenvalue weighted by Crippen LogP contribution is -2.32. The van der Waals surface area contributed by atoms with Crippen LogP contribution in [0.25, 0.3) is 15.9 Å². The van der Waals surface area contributed by atoms with Gasteiger partial charge >= 0.3 is 0 Å². The molecule has 0 saturated carbocycles. The van der Waals surface area contributed by atoms with Crippen molar-refractivity contribution in [3.63, 3.8) is 0 Å². The molecule has 10 heteroatoms. The van der Waals surface area contributed by atoms with Gasteiger partial charge in [-0.15, -0.1) is 24.2 Å². The van der Waals surface area contributed by atoms with Crippen LogP contribution in [0, 0.1) is 0 Å². The van der Waals surface area contributed by atoms with Gasteiger partial charge in [-0.2, -0.15) is 15.0 Å². The van der Waals surface area contributed by atoms with Gasteiger partial charge in [0.1, 0.15) is 23.5 Å². The van der Waals surface area contributed by atoms with Crippen molar-refractivity contribution >= 4 is 45.9 Å². The summed E-state index contributed by atoms with van der Waals surface area (Å²) in [6, 6.07) is 2.37. The average Bonchev–Trinajstić information content (AvgIpc) is 3.38. The molecule has 0 spiro atoms. The lowest BCUT2D eigenvalue weighted by atomic mass is 10.1. The van der Waals surface area contributed by atoms with E-state index in [-0.39, 0.29) is 12.4 Å². The summed E-state index contributed by atoms with van der Waals surface area (Å²) in [6.07, 6.45) is 9.82. The molecular formula is C17H21ClN8S. The molecule has 1 saturated heterocycles. The van der Waals surface area contributed by atoms with Crippen molar-refractivity contribution in [3.05, 3.63) is 36.7 Å². The highest BCUT2D eigenvalue weighted by Crippen LogP contribution is 2.33. The second-order valence-corrected chi connectivity index (χ2v) is 7.66. The molecule has 3 aromatic rings. The third kappa shape index (κ3) is 3.54. The van der Waals surface area contributed by atoms with Gasteiger partial charge in [-0.1, -0.05) is 0 Å². The average molecular weight is 405 g/mol. The standard InChI is InChI=1S/C17H20N8S.ClH/c1-2-12(8-18-4-1)25-22-9-14(23-25)15-10-24(6-7-26-15)17-13-3-5-19-16(13)20-11-21-17;/h3,5,9-12,18H,1-2,4,6-8H2,(H,19,20,21);1H. The molecule has 1 atom stereocenters. The van der Waals surface area contributed by atoms with Crippen molar-refractivity contribution in [1.82, 2.24) is 35.3 Å². The Kier molecular flexibility index (Phi) is 5.33. The SMILES string of the molecule is C1=C(c2cnn(C3CCCNC3)n2)SCCN1c1ncnc2[nH]ccc12.Cl. The van der Waals surface area contributed by atoms with E-state index in [1.165, 1.54) is 6.42 Å². The molecule has 0 aliphatic carbocycles. The summed E-state index contributed by atoms with van der Waals surface area (Å²) in [7, 11) is 0. The molecule has 0 amide bonds. The molecule has 1 unspecified atom stereocenters. The number of piperidine rings is 1. The first-order valence-corrected chi connectivity index (χ1v) is 9.89. The van der Waals surface area contributed by atoms with Crippen LogP contribution in [0.15, 0.2) is 31.0 Å². The van der Waals surface area contributed by atoms with Gasteiger partial charge < -0.3 is 15.2 Å². The Morgan fingerprint density at radius 2 is 2.22 bits per heavy atom. The summed E-state index contributed by atoms with van der Waals surface area (Å²) in [5.74, 6) is 1.91. The first-order chi connectivity index (χ1) is 12.9. The highest BCUT2D eigenvalue weighted by Gasteiger charge is 2.21. The molecule has 2 aliphatic heterocycles. The van der Waals surface area contributed by atoms with Crippen LogP contribution in [0.5, 0.6) is 0 Å². The Balaban J connectivity index is 0.00000180. The second kappa shape index (κ2) is 7.87. The van der Waals surface area contributed by atoms with Gasteiger partial charge in [0.25, 0.3) is 0 Å². The number of hydrogen-bond donors (Lipinski definition) is 2. The van der Waals surface area contributed by atoms with Gasteiger partial charge in [0.05, 0.1) is 22.5 Å². The maximum Gasteiger partial charge on any atom is 0.145 e. The summed E-state index contributed by atoms with van der Waals surface area (Å²) in [4.78, 5) is 17.1. The second-order valence-electron chi connectivity index (χ2n) is 6.52. The van der Waals surface area contributed by atoms with Crippen LogP contribution < -0.4 is 10.2 Å². The fourth-order valence-electron chi connectivity index (χ4n) is 3.49. The van der Waals surface area contributed by atoms with Gasteiger partial charge in [0.2, 0.25) is 0 Å². The molecule has 1 fully saturated rings. The van der Waals surface area contributed by atoms with Crippen molar-refractivity contribution in [3.8, 4) is 0 Å². The minimum atomic E-state index is 0. The summed E-state index contributed by atoms with van der Waals surface area (Å²) >= 11 is 1.82. The lowest BCUT2D eigenvalue weighted by Gasteiger charge is -2.25. The molecule has 142 valence electrons. The Labute approximate surface area is 167 Å². The molecule has 0 bridgehead atoms. The maximum atomic E-state index is 4.75. The molecule has 0 aromatic carbocycles. The van der Waals surface area contributed by atoms with Crippen LogP contribution in [-0.4, -0.2) is 55.3 Å². The van der Waals surface area contributed by atoms with E-state index < -0.39 is 0 Å². The number of H-pyrrole nitrogens is 1. The van der Waals surface area contributed by atoms with E-state index in [0.29, 0.717) is 6.04 Å². The van der Waals surface area contributed by atoms with Gasteiger partial charge in [0, 0.05) is 31.2 Å². The maximum absolute atomic E-state index is 4.75. The first kappa shape index (κ1) is 18.3. The van der Waals surface area contributed by atoms with Crippen LogP contribution in [0.3, 0.4) is 0 Å². The molecule has 8 nitrogen and oxygen atoms in total. The Bertz CT molecular complexity index is 945. The molecule has 5 rings (SSSR count). The highest BCUT2D eigenvalue weighted by molar-refractivity contribution is 8.08. The van der Waals surface area contributed by atoms with E-state index in [4.69, 9.17) is 5.10 Å². The number of aromatic nitrogens is 6. The number of aromatic amines is 1. The fourth-order valence-corrected chi connectivity index (χ4v) is 4.44. The minimum Gasteiger partial charge on any atom is -0.346 e. The third-order valence-electron chi connectivity index (χ3n) is 4.83. The van der Waals surface area contributed by atoms with Crippen LogP contribution in [-0.2, 0) is 0 Å². The van der Waals surface area contributed by atoms with Crippen LogP contribution in [0.4, 0.5) is 5.82 Å². The van der Waals surface area contributed by atoms with Crippen molar-refractivity contribution in [2.45, 2.75) is 18.9 Å². The van der Waals surface area contributed by atoms with E-state index in [2.05, 4.69) is 36.5 Å². The molecule has 3 aromatic heterocycles. The molecule has 0 radical (unpaired) electrons. The summed E-state index contributed by atoms with van der Waals surface area (Å²) in [5, 5.41) is 13.7. The molecule has 2 N–H and O–H groups in total. The quantitative estimate of drug-likeness (QED) is 0.693. The minimum absolute atomic E-state index is 0. The predicted molar refractivity (Wildman–Crippen MR) is 110 cm³/mol. The zero-order valence-corrected chi connectivity index (χ0v) is 16.3. The monoisotopic (exact) mass is 404 g/mol. The number of halogens is 1. The van der Waals surface area contributed by atoms with E-state index in [1.54, 1.807) is 6.33 Å². The van der Waals surface area contributed by atoms with Crippen molar-refractivity contribution in [1.29, 1.82) is 0 Å². The van der Waals surface area contributed by atoms with Gasteiger partial charge in [-0.25, -0.2) is 9.97 Å². The highest BCUT2D eigenvalue weighted by atomic mass is 35.5. The number of fused-ring (bicyclic) bond motifs is 1. The Morgan fingerprint density at radius 1 is 1.26 bits per heavy atom. The van der Waals surface area contributed by atoms with E-state index >= 15 is 0 Å². The smallest absolute Gasteiger partial charge is 0.145 e. The van der Waals surface area contributed by atoms with E-state index in [9.17, 15) is 0 Å². The van der Waals surface area contributed by atoms with Crippen LogP contribution in [0.2, 0.25) is 0 Å². The summed E-state index contributed by atoms with van der Waals surface area (Å²) < 4.78 is 0. The van der Waals surface area contributed by atoms with E-state index in [0.717, 1.165) is 59.3 Å². The van der Waals surface area contributed by atoms with Crippen LogP contribution >= 0.6 is 24.2 Å². The molecule has 5 heterocycles. The first-order valence-electron chi connectivity index (χ1n) is 8.91. The largest absolute Gasteiger partial charge is 0.346 e. The zero-order valence-electron chi connectivity index (χ0n) is 14.7.